The summed E-state index contributed by atoms with van der Waals surface area (Å²) in [5, 5.41) is 0. The van der Waals surface area contributed by atoms with Crippen LogP contribution in [-0.4, -0.2) is 52.4 Å². The summed E-state index contributed by atoms with van der Waals surface area (Å²) in [6, 6.07) is 3.76. The number of aromatic nitrogens is 1. The number of nitrogens with zero attached hydrogens (tertiary/aromatic N) is 3. The maximum absolute atomic E-state index is 12.8. The van der Waals surface area contributed by atoms with Crippen molar-refractivity contribution < 1.29 is 9.59 Å². The Bertz CT molecular complexity index is 624. The van der Waals surface area contributed by atoms with E-state index in [9.17, 15) is 9.59 Å². The predicted octanol–water partition coefficient (Wildman–Crippen LogP) is 1.89. The molecule has 3 fully saturated rings. The second-order valence-electron chi connectivity index (χ2n) is 7.52. The number of carbonyl (C=O) groups excluding carboxylic acids is 2. The number of aryl methyl sites for hydroxylation is 1. The molecule has 1 aromatic rings. The Balaban J connectivity index is 1.40. The molecule has 1 saturated carbocycles. The molecule has 0 radical (unpaired) electrons. The molecule has 124 valence electrons. The van der Waals surface area contributed by atoms with Crippen LogP contribution in [0, 0.1) is 11.3 Å². The van der Waals surface area contributed by atoms with E-state index in [-0.39, 0.29) is 11.3 Å². The van der Waals surface area contributed by atoms with E-state index >= 15 is 0 Å². The van der Waals surface area contributed by atoms with Crippen molar-refractivity contribution in [3.63, 3.8) is 0 Å². The first kappa shape index (κ1) is 14.8. The number of likely N-dealkylation sites (tertiary alicyclic amines) is 2. The van der Waals surface area contributed by atoms with Crippen LogP contribution in [0.2, 0.25) is 0 Å². The zero-order valence-corrected chi connectivity index (χ0v) is 13.8. The monoisotopic (exact) mass is 315 g/mol. The van der Waals surface area contributed by atoms with Crippen molar-refractivity contribution in [2.75, 3.05) is 26.2 Å². The predicted molar refractivity (Wildman–Crippen MR) is 86.9 cm³/mol. The van der Waals surface area contributed by atoms with Gasteiger partial charge in [-0.05, 0) is 50.2 Å². The lowest BCUT2D eigenvalue weighted by atomic mass is 9.77. The summed E-state index contributed by atoms with van der Waals surface area (Å²) in [5.41, 5.74) is 0.550. The van der Waals surface area contributed by atoms with Gasteiger partial charge in [0.1, 0.15) is 5.69 Å². The molecule has 2 aliphatic heterocycles. The van der Waals surface area contributed by atoms with Gasteiger partial charge < -0.3 is 14.4 Å². The zero-order valence-electron chi connectivity index (χ0n) is 13.8. The molecule has 0 aromatic carbocycles. The van der Waals surface area contributed by atoms with Crippen LogP contribution in [0.5, 0.6) is 0 Å². The first-order chi connectivity index (χ1) is 11.1. The first-order valence-electron chi connectivity index (χ1n) is 8.79. The fourth-order valence-electron chi connectivity index (χ4n) is 4.13. The minimum absolute atomic E-state index is 0.0904. The van der Waals surface area contributed by atoms with Crippen molar-refractivity contribution in [1.82, 2.24) is 14.4 Å². The minimum atomic E-state index is -0.181. The summed E-state index contributed by atoms with van der Waals surface area (Å²) >= 11 is 0. The quantitative estimate of drug-likeness (QED) is 0.855. The molecule has 2 amide bonds. The Hall–Kier alpha value is -1.78. The summed E-state index contributed by atoms with van der Waals surface area (Å²) < 4.78 is 1.87. The summed E-state index contributed by atoms with van der Waals surface area (Å²) in [4.78, 5) is 29.4. The fourth-order valence-corrected chi connectivity index (χ4v) is 4.13. The van der Waals surface area contributed by atoms with Crippen LogP contribution in [0.1, 0.15) is 42.6 Å². The minimum Gasteiger partial charge on any atom is -0.347 e. The van der Waals surface area contributed by atoms with Crippen molar-refractivity contribution >= 4 is 11.8 Å². The number of piperidine rings is 1. The van der Waals surface area contributed by atoms with Crippen LogP contribution in [0.25, 0.3) is 0 Å². The zero-order chi connectivity index (χ0) is 16.0. The summed E-state index contributed by atoms with van der Waals surface area (Å²) in [6.07, 6.45) is 7.09. The summed E-state index contributed by atoms with van der Waals surface area (Å²) in [6.45, 7) is 3.29. The molecule has 5 heteroatoms. The van der Waals surface area contributed by atoms with Crippen LogP contribution in [0.4, 0.5) is 0 Å². The third-order valence-electron chi connectivity index (χ3n) is 5.95. The van der Waals surface area contributed by atoms with Gasteiger partial charge in [-0.1, -0.05) is 0 Å². The van der Waals surface area contributed by atoms with Crippen molar-refractivity contribution in [2.24, 2.45) is 18.4 Å². The molecule has 3 aliphatic rings. The summed E-state index contributed by atoms with van der Waals surface area (Å²) in [7, 11) is 1.90. The van der Waals surface area contributed by atoms with Gasteiger partial charge in [-0.2, -0.15) is 0 Å². The standard InChI is InChI=1S/C18H25N3O2/c1-19-9-2-3-15(19)16(22)20-10-6-18(7-11-20)8-12-21(17(18)23)13-14-4-5-14/h2-3,9,14H,4-8,10-13H2,1H3. The molecule has 0 bridgehead atoms. The van der Waals surface area contributed by atoms with E-state index in [0.717, 1.165) is 44.0 Å². The molecule has 1 aromatic heterocycles. The van der Waals surface area contributed by atoms with Gasteiger partial charge in [0.05, 0.1) is 5.41 Å². The average Bonchev–Trinajstić information content (AvgIpc) is 3.21. The maximum atomic E-state index is 12.8. The van der Waals surface area contributed by atoms with E-state index < -0.39 is 0 Å². The van der Waals surface area contributed by atoms with Crippen LogP contribution in [0.3, 0.4) is 0 Å². The Kier molecular flexibility index (Phi) is 3.47. The van der Waals surface area contributed by atoms with Crippen LogP contribution in [-0.2, 0) is 11.8 Å². The molecule has 5 nitrogen and oxygen atoms in total. The highest BCUT2D eigenvalue weighted by molar-refractivity contribution is 5.93. The van der Waals surface area contributed by atoms with Gasteiger partial charge in [-0.15, -0.1) is 0 Å². The second kappa shape index (κ2) is 5.39. The highest BCUT2D eigenvalue weighted by Gasteiger charge is 2.49. The Morgan fingerprint density at radius 3 is 2.52 bits per heavy atom. The second-order valence-corrected chi connectivity index (χ2v) is 7.52. The lowest BCUT2D eigenvalue weighted by molar-refractivity contribution is -0.138. The van der Waals surface area contributed by atoms with Crippen molar-refractivity contribution in [1.29, 1.82) is 0 Å². The Morgan fingerprint density at radius 2 is 1.91 bits per heavy atom. The molecule has 0 unspecified atom stereocenters. The van der Waals surface area contributed by atoms with Gasteiger partial charge in [-0.25, -0.2) is 0 Å². The molecule has 0 N–H and O–H groups in total. The number of rotatable bonds is 3. The average molecular weight is 315 g/mol. The van der Waals surface area contributed by atoms with Crippen LogP contribution < -0.4 is 0 Å². The highest BCUT2D eigenvalue weighted by atomic mass is 16.2. The summed E-state index contributed by atoms with van der Waals surface area (Å²) in [5.74, 6) is 1.20. The SMILES string of the molecule is Cn1cccc1C(=O)N1CCC2(CC1)CCN(CC1CC1)C2=O. The van der Waals surface area contributed by atoms with Crippen LogP contribution >= 0.6 is 0 Å². The topological polar surface area (TPSA) is 45.6 Å². The van der Waals surface area contributed by atoms with E-state index in [2.05, 4.69) is 4.90 Å². The molecule has 1 aliphatic carbocycles. The maximum Gasteiger partial charge on any atom is 0.270 e. The highest BCUT2D eigenvalue weighted by Crippen LogP contribution is 2.43. The first-order valence-corrected chi connectivity index (χ1v) is 8.79. The number of carbonyl (C=O) groups is 2. The van der Waals surface area contributed by atoms with Gasteiger partial charge in [0, 0.05) is 39.4 Å². The lowest BCUT2D eigenvalue weighted by Gasteiger charge is -2.38. The van der Waals surface area contributed by atoms with E-state index in [1.165, 1.54) is 12.8 Å². The van der Waals surface area contributed by atoms with Crippen molar-refractivity contribution in [2.45, 2.75) is 32.1 Å². The molecule has 1 spiro atoms. The van der Waals surface area contributed by atoms with Gasteiger partial charge in [-0.3, -0.25) is 9.59 Å². The largest absolute Gasteiger partial charge is 0.347 e. The molecule has 4 rings (SSSR count). The number of hydrogen-bond donors (Lipinski definition) is 0. The van der Waals surface area contributed by atoms with E-state index in [0.29, 0.717) is 19.0 Å². The normalized spacial score (nSPS) is 23.8. The molecular weight excluding hydrogens is 290 g/mol. The molecule has 3 heterocycles. The van der Waals surface area contributed by atoms with Crippen molar-refractivity contribution in [3.8, 4) is 0 Å². The number of amides is 2. The molecule has 2 saturated heterocycles. The third kappa shape index (κ3) is 2.56. The van der Waals surface area contributed by atoms with E-state index in [1.807, 2.05) is 34.8 Å². The van der Waals surface area contributed by atoms with E-state index in [4.69, 9.17) is 0 Å². The van der Waals surface area contributed by atoms with E-state index in [1.54, 1.807) is 0 Å². The molecular formula is C18H25N3O2. The van der Waals surface area contributed by atoms with Crippen molar-refractivity contribution in [3.05, 3.63) is 24.0 Å². The van der Waals surface area contributed by atoms with Gasteiger partial charge in [0.25, 0.3) is 5.91 Å². The Morgan fingerprint density at radius 1 is 1.22 bits per heavy atom. The van der Waals surface area contributed by atoms with Gasteiger partial charge in [0.15, 0.2) is 0 Å². The molecule has 23 heavy (non-hydrogen) atoms. The third-order valence-corrected chi connectivity index (χ3v) is 5.95. The lowest BCUT2D eigenvalue weighted by Crippen LogP contribution is -2.47. The van der Waals surface area contributed by atoms with Gasteiger partial charge in [0.2, 0.25) is 5.91 Å². The van der Waals surface area contributed by atoms with Crippen LogP contribution in [0.15, 0.2) is 18.3 Å². The Labute approximate surface area is 137 Å². The smallest absolute Gasteiger partial charge is 0.270 e. The number of hydrogen-bond acceptors (Lipinski definition) is 2. The fraction of sp³-hybridized carbons (Fsp3) is 0.667. The molecule has 0 atom stereocenters. The van der Waals surface area contributed by atoms with Gasteiger partial charge >= 0.3 is 0 Å².